The SMILES string of the molecule is CC1CCCC(NC(=O)CN2CCN(C(=O)c3csc(CCN)n3)CC2)C1.Cl.Cl. The van der Waals surface area contributed by atoms with Crippen LogP contribution in [0.2, 0.25) is 0 Å². The highest BCUT2D eigenvalue weighted by atomic mass is 35.5. The molecule has 0 bridgehead atoms. The standard InChI is InChI=1S/C19H31N5O2S.2ClH/c1-14-3-2-4-15(11-14)21-17(25)12-23-7-9-24(10-8-23)19(26)16-13-27-18(22-16)5-6-20;;/h13-15H,2-12,20H2,1H3,(H,21,25);2*1H. The van der Waals surface area contributed by atoms with E-state index in [1.54, 1.807) is 0 Å². The van der Waals surface area contributed by atoms with E-state index >= 15 is 0 Å². The molecule has 1 aromatic heterocycles. The molecule has 2 atom stereocenters. The molecule has 1 aliphatic carbocycles. The zero-order chi connectivity index (χ0) is 19.2. The van der Waals surface area contributed by atoms with Crippen LogP contribution in [-0.4, -0.2) is 71.9 Å². The van der Waals surface area contributed by atoms with E-state index < -0.39 is 0 Å². The summed E-state index contributed by atoms with van der Waals surface area (Å²) in [4.78, 5) is 33.3. The minimum atomic E-state index is -0.0187. The number of amides is 2. The van der Waals surface area contributed by atoms with E-state index in [1.165, 1.54) is 24.2 Å². The second-order valence-electron chi connectivity index (χ2n) is 7.77. The quantitative estimate of drug-likeness (QED) is 0.669. The van der Waals surface area contributed by atoms with Crippen molar-refractivity contribution in [2.75, 3.05) is 39.3 Å². The molecular formula is C19H33Cl2N5O2S. The molecule has 2 aliphatic rings. The number of carbonyl (C=O) groups is 2. The number of nitrogens with zero attached hydrogens (tertiary/aromatic N) is 3. The summed E-state index contributed by atoms with van der Waals surface area (Å²) in [7, 11) is 0. The fraction of sp³-hybridized carbons (Fsp3) is 0.737. The van der Waals surface area contributed by atoms with Crippen molar-refractivity contribution < 1.29 is 9.59 Å². The molecule has 3 rings (SSSR count). The molecule has 7 nitrogen and oxygen atoms in total. The zero-order valence-corrected chi connectivity index (χ0v) is 19.4. The van der Waals surface area contributed by atoms with Crippen molar-refractivity contribution in [1.29, 1.82) is 0 Å². The normalized spacial score (nSPS) is 22.3. The van der Waals surface area contributed by atoms with Gasteiger partial charge in [0.25, 0.3) is 5.91 Å². The van der Waals surface area contributed by atoms with Gasteiger partial charge >= 0.3 is 0 Å². The number of hydrogen-bond acceptors (Lipinski definition) is 6. The van der Waals surface area contributed by atoms with Crippen LogP contribution in [0.3, 0.4) is 0 Å². The lowest BCUT2D eigenvalue weighted by Gasteiger charge is -2.34. The summed E-state index contributed by atoms with van der Waals surface area (Å²) in [6, 6.07) is 0.330. The molecule has 10 heteroatoms. The van der Waals surface area contributed by atoms with Gasteiger partial charge in [0.05, 0.1) is 11.6 Å². The van der Waals surface area contributed by atoms with Gasteiger partial charge in [0.15, 0.2) is 0 Å². The molecule has 29 heavy (non-hydrogen) atoms. The Morgan fingerprint density at radius 1 is 1.24 bits per heavy atom. The first-order valence-electron chi connectivity index (χ1n) is 10.0. The molecule has 3 N–H and O–H groups in total. The summed E-state index contributed by atoms with van der Waals surface area (Å²) >= 11 is 1.49. The van der Waals surface area contributed by atoms with Crippen LogP contribution >= 0.6 is 36.2 Å². The zero-order valence-electron chi connectivity index (χ0n) is 17.0. The summed E-state index contributed by atoms with van der Waals surface area (Å²) < 4.78 is 0. The summed E-state index contributed by atoms with van der Waals surface area (Å²) in [5.41, 5.74) is 6.06. The van der Waals surface area contributed by atoms with Gasteiger partial charge in [0, 0.05) is 44.0 Å². The van der Waals surface area contributed by atoms with Crippen LogP contribution in [0.4, 0.5) is 0 Å². The Bertz CT molecular complexity index is 652. The number of rotatable bonds is 6. The van der Waals surface area contributed by atoms with E-state index in [2.05, 4.69) is 22.1 Å². The molecular weight excluding hydrogens is 433 g/mol. The smallest absolute Gasteiger partial charge is 0.273 e. The van der Waals surface area contributed by atoms with E-state index in [0.717, 1.165) is 30.9 Å². The molecule has 166 valence electrons. The third-order valence-corrected chi connectivity index (χ3v) is 6.37. The summed E-state index contributed by atoms with van der Waals surface area (Å²) in [5.74, 6) is 0.796. The number of hydrogen-bond donors (Lipinski definition) is 2. The average Bonchev–Trinajstić information content (AvgIpc) is 3.11. The van der Waals surface area contributed by atoms with Crippen LogP contribution in [0.1, 0.15) is 48.1 Å². The molecule has 2 amide bonds. The molecule has 2 heterocycles. The number of thiazole rings is 1. The molecule has 1 aromatic rings. The summed E-state index contributed by atoms with van der Waals surface area (Å²) in [6.07, 6.45) is 5.37. The third kappa shape index (κ3) is 7.68. The van der Waals surface area contributed by atoms with Gasteiger partial charge < -0.3 is 16.0 Å². The third-order valence-electron chi connectivity index (χ3n) is 5.46. The lowest BCUT2D eigenvalue weighted by Crippen LogP contribution is -2.52. The summed E-state index contributed by atoms with van der Waals surface area (Å²) in [5, 5.41) is 5.92. The lowest BCUT2D eigenvalue weighted by atomic mass is 9.87. The van der Waals surface area contributed by atoms with Crippen LogP contribution in [0.15, 0.2) is 5.38 Å². The van der Waals surface area contributed by atoms with Crippen molar-refractivity contribution in [3.8, 4) is 0 Å². The maximum Gasteiger partial charge on any atom is 0.273 e. The molecule has 1 saturated carbocycles. The van der Waals surface area contributed by atoms with Crippen LogP contribution in [0, 0.1) is 5.92 Å². The van der Waals surface area contributed by atoms with Crippen molar-refractivity contribution >= 4 is 48.0 Å². The second kappa shape index (κ2) is 12.7. The number of nitrogens with two attached hydrogens (primary N) is 1. The first kappa shape index (κ1) is 26.1. The monoisotopic (exact) mass is 465 g/mol. The van der Waals surface area contributed by atoms with Crippen molar-refractivity contribution in [3.05, 3.63) is 16.1 Å². The van der Waals surface area contributed by atoms with Gasteiger partial charge in [-0.2, -0.15) is 0 Å². The Morgan fingerprint density at radius 3 is 2.62 bits per heavy atom. The average molecular weight is 466 g/mol. The molecule has 2 fully saturated rings. The maximum absolute atomic E-state index is 12.6. The van der Waals surface area contributed by atoms with Gasteiger partial charge in [0.1, 0.15) is 5.69 Å². The van der Waals surface area contributed by atoms with Crippen molar-refractivity contribution in [3.63, 3.8) is 0 Å². The fourth-order valence-electron chi connectivity index (χ4n) is 3.96. The predicted molar refractivity (Wildman–Crippen MR) is 121 cm³/mol. The Kier molecular flexibility index (Phi) is 11.4. The van der Waals surface area contributed by atoms with E-state index in [-0.39, 0.29) is 36.6 Å². The number of piperazine rings is 1. The predicted octanol–water partition coefficient (Wildman–Crippen LogP) is 1.94. The fourth-order valence-corrected chi connectivity index (χ4v) is 4.75. The van der Waals surface area contributed by atoms with Crippen LogP contribution in [-0.2, 0) is 11.2 Å². The van der Waals surface area contributed by atoms with E-state index in [9.17, 15) is 9.59 Å². The van der Waals surface area contributed by atoms with E-state index in [0.29, 0.717) is 50.3 Å². The van der Waals surface area contributed by atoms with E-state index in [4.69, 9.17) is 5.73 Å². The van der Waals surface area contributed by atoms with Gasteiger partial charge in [-0.25, -0.2) is 4.98 Å². The molecule has 0 radical (unpaired) electrons. The van der Waals surface area contributed by atoms with Gasteiger partial charge in [0.2, 0.25) is 5.91 Å². The van der Waals surface area contributed by atoms with E-state index in [1.807, 2.05) is 10.3 Å². The first-order chi connectivity index (χ1) is 13.0. The minimum absolute atomic E-state index is 0. The number of nitrogens with one attached hydrogen (secondary N) is 1. The second-order valence-corrected chi connectivity index (χ2v) is 8.71. The van der Waals surface area contributed by atoms with Gasteiger partial charge in [-0.3, -0.25) is 14.5 Å². The summed E-state index contributed by atoms with van der Waals surface area (Å²) in [6.45, 7) is 5.94. The highest BCUT2D eigenvalue weighted by Gasteiger charge is 2.26. The molecule has 2 unspecified atom stereocenters. The molecule has 1 saturated heterocycles. The van der Waals surface area contributed by atoms with Crippen LogP contribution < -0.4 is 11.1 Å². The first-order valence-corrected chi connectivity index (χ1v) is 10.9. The van der Waals surface area contributed by atoms with Gasteiger partial charge in [-0.1, -0.05) is 19.8 Å². The van der Waals surface area contributed by atoms with Crippen molar-refractivity contribution in [1.82, 2.24) is 20.1 Å². The minimum Gasteiger partial charge on any atom is -0.352 e. The molecule has 0 aromatic carbocycles. The van der Waals surface area contributed by atoms with Crippen LogP contribution in [0.5, 0.6) is 0 Å². The molecule has 1 aliphatic heterocycles. The maximum atomic E-state index is 12.6. The number of halogens is 2. The number of carbonyl (C=O) groups excluding carboxylic acids is 2. The van der Waals surface area contributed by atoms with Crippen molar-refractivity contribution in [2.24, 2.45) is 11.7 Å². The highest BCUT2D eigenvalue weighted by Crippen LogP contribution is 2.23. The molecule has 0 spiro atoms. The highest BCUT2D eigenvalue weighted by molar-refractivity contribution is 7.09. The van der Waals surface area contributed by atoms with Crippen molar-refractivity contribution in [2.45, 2.75) is 45.1 Å². The number of aromatic nitrogens is 1. The van der Waals surface area contributed by atoms with Gasteiger partial charge in [-0.15, -0.1) is 36.2 Å². The Balaban J connectivity index is 0.00000210. The lowest BCUT2D eigenvalue weighted by molar-refractivity contribution is -0.123. The Hall–Kier alpha value is -0.930. The topological polar surface area (TPSA) is 91.6 Å². The van der Waals surface area contributed by atoms with Crippen LogP contribution in [0.25, 0.3) is 0 Å². The Morgan fingerprint density at radius 2 is 1.97 bits per heavy atom. The largest absolute Gasteiger partial charge is 0.352 e. The Labute approximate surface area is 189 Å². The van der Waals surface area contributed by atoms with Gasteiger partial charge in [-0.05, 0) is 25.3 Å².